The molecule has 2 N–H and O–H groups in total. The topological polar surface area (TPSA) is 148 Å². The number of halogens is 2. The molecule has 0 spiro atoms. The van der Waals surface area contributed by atoms with Crippen molar-refractivity contribution in [2.75, 3.05) is 18.6 Å². The number of rotatable bonds is 12. The lowest BCUT2D eigenvalue weighted by molar-refractivity contribution is -0.149. The zero-order valence-electron chi connectivity index (χ0n) is 24.1. The van der Waals surface area contributed by atoms with E-state index in [0.29, 0.717) is 23.7 Å². The van der Waals surface area contributed by atoms with E-state index in [9.17, 15) is 14.6 Å². The second-order valence-electron chi connectivity index (χ2n) is 11.0. The standard InChI is InChI=1S/C28H35ClFN6O5P/c1-16(2)40-26(37)17(3)36-42(5,38)39-15-20-28(4,11-12-31)24(30)23(41-20)19-14-32-22-21(19)34-27(29)35-25(22)33-13-18-9-7-6-8-10-18/h6-10,14,16-17,19-20,23-24H,11,13,15H2,1-5H3,(H,36,38)(H,33,34,35)/t17-,19?,20+,23-,24-,28?,42?/m0/s1. The van der Waals surface area contributed by atoms with Crippen LogP contribution >= 0.6 is 19.1 Å². The molecule has 0 amide bonds. The quantitative estimate of drug-likeness (QED) is 0.181. The molecule has 42 heavy (non-hydrogen) atoms. The highest BCUT2D eigenvalue weighted by Crippen LogP contribution is 2.51. The number of carbonyl (C=O) groups is 1. The second-order valence-corrected chi connectivity index (χ2v) is 13.6. The van der Waals surface area contributed by atoms with Crippen molar-refractivity contribution >= 4 is 42.8 Å². The van der Waals surface area contributed by atoms with E-state index in [1.165, 1.54) is 13.6 Å². The summed E-state index contributed by atoms with van der Waals surface area (Å²) in [6.07, 6.45) is -2.59. The van der Waals surface area contributed by atoms with Crippen LogP contribution < -0.4 is 10.4 Å². The Balaban J connectivity index is 1.50. The molecule has 1 aromatic heterocycles. The van der Waals surface area contributed by atoms with E-state index < -0.39 is 49.2 Å². The van der Waals surface area contributed by atoms with E-state index in [1.54, 1.807) is 27.0 Å². The van der Waals surface area contributed by atoms with Crippen LogP contribution in [-0.2, 0) is 29.9 Å². The van der Waals surface area contributed by atoms with Crippen LogP contribution in [0, 0.1) is 16.7 Å². The summed E-state index contributed by atoms with van der Waals surface area (Å²) in [6, 6.07) is 10.8. The predicted octanol–water partition coefficient (Wildman–Crippen LogP) is 5.34. The Hall–Kier alpha value is -2.94. The highest BCUT2D eigenvalue weighted by Gasteiger charge is 2.57. The van der Waals surface area contributed by atoms with Crippen molar-refractivity contribution in [2.24, 2.45) is 10.4 Å². The van der Waals surface area contributed by atoms with Gasteiger partial charge >= 0.3 is 5.97 Å². The Morgan fingerprint density at radius 2 is 2.00 bits per heavy atom. The maximum atomic E-state index is 16.2. The first-order valence-electron chi connectivity index (χ1n) is 13.6. The molecule has 0 bridgehead atoms. The molecule has 2 aliphatic heterocycles. The third kappa shape index (κ3) is 7.16. The molecule has 11 nitrogen and oxygen atoms in total. The molecule has 1 saturated heterocycles. The van der Waals surface area contributed by atoms with Crippen LogP contribution in [0.15, 0.2) is 35.3 Å². The average molecular weight is 621 g/mol. The summed E-state index contributed by atoms with van der Waals surface area (Å²) in [5.41, 5.74) is 0.567. The largest absolute Gasteiger partial charge is 0.462 e. The predicted molar refractivity (Wildman–Crippen MR) is 157 cm³/mol. The maximum Gasteiger partial charge on any atom is 0.323 e. The lowest BCUT2D eigenvalue weighted by Crippen LogP contribution is -2.39. The van der Waals surface area contributed by atoms with Crippen molar-refractivity contribution in [3.05, 3.63) is 46.9 Å². The summed E-state index contributed by atoms with van der Waals surface area (Å²) in [4.78, 5) is 25.3. The number of carbonyl (C=O) groups excluding carboxylic acids is 1. The molecule has 3 unspecified atom stereocenters. The fourth-order valence-electron chi connectivity index (χ4n) is 5.01. The highest BCUT2D eigenvalue weighted by molar-refractivity contribution is 7.56. The second kappa shape index (κ2) is 13.1. The Morgan fingerprint density at radius 1 is 1.29 bits per heavy atom. The van der Waals surface area contributed by atoms with E-state index >= 15 is 4.39 Å². The van der Waals surface area contributed by atoms with E-state index in [0.717, 1.165) is 5.56 Å². The number of hydrogen-bond donors (Lipinski definition) is 2. The number of esters is 1. The fourth-order valence-corrected chi connectivity index (χ4v) is 6.48. The summed E-state index contributed by atoms with van der Waals surface area (Å²) in [7, 11) is -3.55. The molecular formula is C28H35ClFN6O5P. The van der Waals surface area contributed by atoms with Gasteiger partial charge in [-0.25, -0.2) is 14.5 Å². The number of alkyl halides is 1. The molecule has 1 aromatic carbocycles. The van der Waals surface area contributed by atoms with Gasteiger partial charge < -0.3 is 19.3 Å². The Morgan fingerprint density at radius 3 is 2.67 bits per heavy atom. The van der Waals surface area contributed by atoms with Gasteiger partial charge in [-0.15, -0.1) is 0 Å². The molecule has 0 aliphatic carbocycles. The van der Waals surface area contributed by atoms with Crippen LogP contribution in [0.4, 0.5) is 15.9 Å². The number of anilines is 1. The number of fused-ring (bicyclic) bond motifs is 1. The van der Waals surface area contributed by atoms with Gasteiger partial charge in [0.05, 0.1) is 36.5 Å². The van der Waals surface area contributed by atoms with Crippen molar-refractivity contribution in [3.63, 3.8) is 0 Å². The summed E-state index contributed by atoms with van der Waals surface area (Å²) < 4.78 is 46.4. The molecule has 3 heterocycles. The third-order valence-corrected chi connectivity index (χ3v) is 8.93. The van der Waals surface area contributed by atoms with Gasteiger partial charge in [-0.1, -0.05) is 37.3 Å². The summed E-state index contributed by atoms with van der Waals surface area (Å²) in [5.74, 6) is -0.888. The van der Waals surface area contributed by atoms with Crippen LogP contribution in [-0.4, -0.2) is 65.9 Å². The lowest BCUT2D eigenvalue weighted by Gasteiger charge is -2.30. The third-order valence-electron chi connectivity index (χ3n) is 7.26. The average Bonchev–Trinajstić information content (AvgIpc) is 3.44. The number of nitrogens with zero attached hydrogens (tertiary/aromatic N) is 4. The Bertz CT molecular complexity index is 1410. The SMILES string of the molecule is CC(C)OC(=O)[C@H](C)NP(C)(=O)OC[C@H]1O[C@@H](C2C=Nc3c(NCc4ccccc4)nc(Cl)nc32)[C@H](F)C1(C)CC#N. The fraction of sp³-hybridized carbons (Fsp3) is 0.536. The molecule has 2 aliphatic rings. The van der Waals surface area contributed by atoms with Crippen molar-refractivity contribution in [1.82, 2.24) is 15.1 Å². The van der Waals surface area contributed by atoms with Crippen LogP contribution in [0.3, 0.4) is 0 Å². The summed E-state index contributed by atoms with van der Waals surface area (Å²) in [6.45, 7) is 8.02. The molecule has 4 rings (SSSR count). The van der Waals surface area contributed by atoms with Gasteiger partial charge in [-0.3, -0.25) is 14.4 Å². The van der Waals surface area contributed by atoms with Crippen LogP contribution in [0.25, 0.3) is 0 Å². The molecule has 0 saturated carbocycles. The van der Waals surface area contributed by atoms with Gasteiger partial charge in [0, 0.05) is 31.3 Å². The number of benzene rings is 1. The van der Waals surface area contributed by atoms with Gasteiger partial charge in [-0.05, 0) is 37.9 Å². The zero-order valence-corrected chi connectivity index (χ0v) is 25.7. The minimum atomic E-state index is -3.55. The number of hydrogen-bond acceptors (Lipinski definition) is 10. The van der Waals surface area contributed by atoms with Crippen LogP contribution in [0.5, 0.6) is 0 Å². The Kier molecular flexibility index (Phi) is 10.0. The number of ether oxygens (including phenoxy) is 2. The van der Waals surface area contributed by atoms with Crippen molar-refractivity contribution < 1.29 is 27.7 Å². The van der Waals surface area contributed by atoms with E-state index in [2.05, 4.69) is 25.4 Å². The van der Waals surface area contributed by atoms with Gasteiger partial charge in [0.25, 0.3) is 7.52 Å². The molecule has 0 radical (unpaired) electrons. The molecule has 1 fully saturated rings. The minimum Gasteiger partial charge on any atom is -0.462 e. The number of nitrogens with one attached hydrogen (secondary N) is 2. The van der Waals surface area contributed by atoms with Crippen molar-refractivity contribution in [2.45, 2.75) is 77.1 Å². The monoisotopic (exact) mass is 620 g/mol. The van der Waals surface area contributed by atoms with Crippen molar-refractivity contribution in [3.8, 4) is 6.07 Å². The Labute approximate surface area is 249 Å². The van der Waals surface area contributed by atoms with E-state index in [4.69, 9.17) is 25.6 Å². The lowest BCUT2D eigenvalue weighted by atomic mass is 9.76. The van der Waals surface area contributed by atoms with E-state index in [1.807, 2.05) is 36.4 Å². The smallest absolute Gasteiger partial charge is 0.323 e. The highest BCUT2D eigenvalue weighted by atomic mass is 35.5. The van der Waals surface area contributed by atoms with E-state index in [-0.39, 0.29) is 24.4 Å². The number of aromatic nitrogens is 2. The maximum absolute atomic E-state index is 16.2. The van der Waals surface area contributed by atoms with Crippen LogP contribution in [0.2, 0.25) is 5.28 Å². The molecular weight excluding hydrogens is 586 g/mol. The van der Waals surface area contributed by atoms with Gasteiger partial charge in [0.1, 0.15) is 24.0 Å². The molecule has 2 aromatic rings. The van der Waals surface area contributed by atoms with Crippen LogP contribution in [0.1, 0.15) is 51.3 Å². The first kappa shape index (κ1) is 32.0. The van der Waals surface area contributed by atoms with Gasteiger partial charge in [0.15, 0.2) is 5.82 Å². The zero-order chi connectivity index (χ0) is 30.7. The first-order chi connectivity index (χ1) is 19.8. The first-order valence-corrected chi connectivity index (χ1v) is 16.1. The minimum absolute atomic E-state index is 0.0315. The normalized spacial score (nSPS) is 26.8. The van der Waals surface area contributed by atoms with Gasteiger partial charge in [0.2, 0.25) is 5.28 Å². The number of nitriles is 1. The number of aliphatic imine (C=N–C) groups is 1. The summed E-state index contributed by atoms with van der Waals surface area (Å²) in [5, 5.41) is 15.4. The summed E-state index contributed by atoms with van der Waals surface area (Å²) >= 11 is 6.26. The molecule has 7 atom stereocenters. The molecule has 226 valence electrons. The van der Waals surface area contributed by atoms with Crippen molar-refractivity contribution in [1.29, 1.82) is 5.26 Å². The molecule has 14 heteroatoms. The van der Waals surface area contributed by atoms with Gasteiger partial charge in [-0.2, -0.15) is 10.2 Å².